The van der Waals surface area contributed by atoms with E-state index in [-0.39, 0.29) is 5.56 Å². The molecular weight excluding hydrogens is 350 g/mol. The Kier molecular flexibility index (Phi) is 5.36. The molecule has 1 atom stereocenters. The monoisotopic (exact) mass is 385 g/mol. The minimum absolute atomic E-state index is 0.0536. The molecule has 0 unspecified atom stereocenters. The van der Waals surface area contributed by atoms with Crippen LogP contribution in [0.3, 0.4) is 0 Å². The number of H-pyrrole nitrogens is 1. The molecule has 6 heteroatoms. The Morgan fingerprint density at radius 3 is 2.61 bits per heavy atom. The molecule has 0 radical (unpaired) electrons. The van der Waals surface area contributed by atoms with E-state index in [9.17, 15) is 4.79 Å². The van der Waals surface area contributed by atoms with Gasteiger partial charge in [-0.05, 0) is 57.7 Å². The van der Waals surface area contributed by atoms with Crippen molar-refractivity contribution in [3.63, 3.8) is 0 Å². The lowest BCUT2D eigenvalue weighted by atomic mass is 9.92. The van der Waals surface area contributed by atoms with Crippen LogP contribution in [0.2, 0.25) is 0 Å². The van der Waals surface area contributed by atoms with Gasteiger partial charge >= 0.3 is 0 Å². The number of rotatable bonds is 6. The molecule has 0 bridgehead atoms. The van der Waals surface area contributed by atoms with Gasteiger partial charge in [-0.1, -0.05) is 20.8 Å². The lowest BCUT2D eigenvalue weighted by Crippen LogP contribution is -2.40. The highest BCUT2D eigenvalue weighted by atomic mass is 16.1. The molecule has 2 aliphatic heterocycles. The quantitative estimate of drug-likeness (QED) is 0.831. The Hall–Kier alpha value is -1.66. The van der Waals surface area contributed by atoms with E-state index >= 15 is 0 Å². The topological polar surface area (TPSA) is 56.6 Å². The van der Waals surface area contributed by atoms with Crippen molar-refractivity contribution in [2.24, 2.45) is 5.41 Å². The highest BCUT2D eigenvalue weighted by Gasteiger charge is 2.31. The van der Waals surface area contributed by atoms with Gasteiger partial charge in [0.15, 0.2) is 5.65 Å². The number of nitrogens with zero attached hydrogens (tertiary/aromatic N) is 4. The molecule has 2 fully saturated rings. The summed E-state index contributed by atoms with van der Waals surface area (Å²) in [5.41, 5.74) is 3.93. The lowest BCUT2D eigenvalue weighted by Gasteiger charge is -2.34. The summed E-state index contributed by atoms with van der Waals surface area (Å²) in [6, 6.07) is 2.08. The van der Waals surface area contributed by atoms with Crippen molar-refractivity contribution >= 4 is 5.65 Å². The molecule has 0 amide bonds. The molecule has 28 heavy (non-hydrogen) atoms. The molecule has 2 aromatic rings. The second kappa shape index (κ2) is 7.64. The predicted octanol–water partition coefficient (Wildman–Crippen LogP) is 2.80. The fraction of sp³-hybridized carbons (Fsp3) is 0.727. The van der Waals surface area contributed by atoms with Crippen molar-refractivity contribution in [1.82, 2.24) is 24.4 Å². The third kappa shape index (κ3) is 3.90. The van der Waals surface area contributed by atoms with Crippen LogP contribution >= 0.6 is 0 Å². The highest BCUT2D eigenvalue weighted by molar-refractivity contribution is 5.42. The van der Waals surface area contributed by atoms with E-state index in [2.05, 4.69) is 39.8 Å². The van der Waals surface area contributed by atoms with Gasteiger partial charge < -0.3 is 9.80 Å². The Morgan fingerprint density at radius 1 is 1.18 bits per heavy atom. The number of likely N-dealkylation sites (tertiary alicyclic amines) is 2. The summed E-state index contributed by atoms with van der Waals surface area (Å²) >= 11 is 0. The van der Waals surface area contributed by atoms with Crippen molar-refractivity contribution < 1.29 is 0 Å². The number of hydrogen-bond donors (Lipinski definition) is 1. The van der Waals surface area contributed by atoms with E-state index in [0.717, 1.165) is 55.1 Å². The van der Waals surface area contributed by atoms with Crippen LogP contribution in [0.5, 0.6) is 0 Å². The van der Waals surface area contributed by atoms with Crippen LogP contribution in [0, 0.1) is 12.3 Å². The Balaban J connectivity index is 1.45. The van der Waals surface area contributed by atoms with Crippen molar-refractivity contribution in [1.29, 1.82) is 0 Å². The number of aryl methyl sites for hydroxylation is 1. The van der Waals surface area contributed by atoms with Crippen molar-refractivity contribution in [3.05, 3.63) is 33.4 Å². The minimum atomic E-state index is 0.0536. The molecule has 4 rings (SSSR count). The van der Waals surface area contributed by atoms with Gasteiger partial charge in [-0.3, -0.25) is 9.89 Å². The van der Waals surface area contributed by atoms with Crippen LogP contribution in [-0.2, 0) is 6.42 Å². The maximum atomic E-state index is 12.7. The van der Waals surface area contributed by atoms with Gasteiger partial charge in [0.1, 0.15) is 0 Å². The molecule has 2 saturated heterocycles. The zero-order chi connectivity index (χ0) is 19.9. The van der Waals surface area contributed by atoms with Crippen LogP contribution in [0.25, 0.3) is 5.65 Å². The summed E-state index contributed by atoms with van der Waals surface area (Å²) in [4.78, 5) is 22.6. The second-order valence-corrected chi connectivity index (χ2v) is 9.61. The van der Waals surface area contributed by atoms with Crippen LogP contribution in [0.4, 0.5) is 0 Å². The van der Waals surface area contributed by atoms with Gasteiger partial charge in [0.2, 0.25) is 0 Å². The fourth-order valence-corrected chi connectivity index (χ4v) is 5.24. The largest absolute Gasteiger partial charge is 0.303 e. The van der Waals surface area contributed by atoms with E-state index in [1.165, 1.54) is 32.5 Å². The third-order valence-corrected chi connectivity index (χ3v) is 6.50. The summed E-state index contributed by atoms with van der Waals surface area (Å²) in [6.45, 7) is 15.8. The minimum Gasteiger partial charge on any atom is -0.303 e. The zero-order valence-corrected chi connectivity index (χ0v) is 17.9. The zero-order valence-electron chi connectivity index (χ0n) is 17.9. The Bertz CT molecular complexity index is 890. The maximum Gasteiger partial charge on any atom is 0.276 e. The fourth-order valence-electron chi connectivity index (χ4n) is 5.24. The SMILES string of the molecule is CCc1c(C)nc2cc([C@H]3CCN(CC(C)(C)CN4CCCC4)C3)[nH]n2c1=O. The molecule has 6 nitrogen and oxygen atoms in total. The van der Waals surface area contributed by atoms with Gasteiger partial charge in [0.05, 0.1) is 0 Å². The van der Waals surface area contributed by atoms with E-state index in [1.807, 2.05) is 13.8 Å². The van der Waals surface area contributed by atoms with E-state index in [1.54, 1.807) is 4.52 Å². The number of aromatic nitrogens is 3. The van der Waals surface area contributed by atoms with Crippen molar-refractivity contribution in [2.75, 3.05) is 39.3 Å². The van der Waals surface area contributed by atoms with Crippen LogP contribution in [0.15, 0.2) is 10.9 Å². The van der Waals surface area contributed by atoms with Gasteiger partial charge in [0.25, 0.3) is 5.56 Å². The summed E-state index contributed by atoms with van der Waals surface area (Å²) in [6.07, 6.45) is 4.57. The highest BCUT2D eigenvalue weighted by Crippen LogP contribution is 2.30. The van der Waals surface area contributed by atoms with Gasteiger partial charge in [0, 0.05) is 48.6 Å². The molecule has 0 spiro atoms. The van der Waals surface area contributed by atoms with E-state index in [4.69, 9.17) is 0 Å². The average Bonchev–Trinajstić information content (AvgIpc) is 3.35. The number of fused-ring (bicyclic) bond motifs is 1. The molecular formula is C22H35N5O. The summed E-state index contributed by atoms with van der Waals surface area (Å²) in [7, 11) is 0. The first-order valence-electron chi connectivity index (χ1n) is 10.9. The first kappa shape index (κ1) is 19.6. The Labute approximate surface area is 167 Å². The van der Waals surface area contributed by atoms with E-state index < -0.39 is 0 Å². The number of hydrogen-bond acceptors (Lipinski definition) is 4. The average molecular weight is 386 g/mol. The number of nitrogens with one attached hydrogen (secondary N) is 1. The maximum absolute atomic E-state index is 12.7. The van der Waals surface area contributed by atoms with Gasteiger partial charge in [-0.25, -0.2) is 9.50 Å². The van der Waals surface area contributed by atoms with Crippen LogP contribution in [0.1, 0.15) is 62.9 Å². The summed E-state index contributed by atoms with van der Waals surface area (Å²) in [5, 5.41) is 3.36. The summed E-state index contributed by atoms with van der Waals surface area (Å²) in [5.74, 6) is 0.453. The predicted molar refractivity (Wildman–Crippen MR) is 113 cm³/mol. The van der Waals surface area contributed by atoms with Crippen molar-refractivity contribution in [3.8, 4) is 0 Å². The lowest BCUT2D eigenvalue weighted by molar-refractivity contribution is 0.148. The van der Waals surface area contributed by atoms with Crippen LogP contribution < -0.4 is 5.56 Å². The smallest absolute Gasteiger partial charge is 0.276 e. The summed E-state index contributed by atoms with van der Waals surface area (Å²) < 4.78 is 1.64. The van der Waals surface area contributed by atoms with Gasteiger partial charge in [-0.2, -0.15) is 0 Å². The van der Waals surface area contributed by atoms with Crippen molar-refractivity contribution in [2.45, 2.75) is 59.3 Å². The Morgan fingerprint density at radius 2 is 1.89 bits per heavy atom. The molecule has 0 saturated carbocycles. The van der Waals surface area contributed by atoms with E-state index in [0.29, 0.717) is 11.3 Å². The first-order valence-corrected chi connectivity index (χ1v) is 10.9. The number of aromatic amines is 1. The van der Waals surface area contributed by atoms with Crippen LogP contribution in [-0.4, -0.2) is 63.7 Å². The molecule has 0 aromatic carbocycles. The molecule has 2 aliphatic rings. The normalized spacial score (nSPS) is 21.9. The first-order chi connectivity index (χ1) is 13.4. The third-order valence-electron chi connectivity index (χ3n) is 6.50. The molecule has 0 aliphatic carbocycles. The molecule has 154 valence electrons. The van der Waals surface area contributed by atoms with Gasteiger partial charge in [-0.15, -0.1) is 0 Å². The standard InChI is InChI=1S/C22H35N5O/c1-5-18-16(2)23-20-12-19(24-27(20)21(18)28)17-8-11-26(13-17)15-22(3,4)14-25-9-6-7-10-25/h12,17,24H,5-11,13-15H2,1-4H3/t17-/m0/s1. The molecule has 1 N–H and O–H groups in total. The molecule has 2 aromatic heterocycles. The molecule has 4 heterocycles. The second-order valence-electron chi connectivity index (χ2n) is 9.61.